The summed E-state index contributed by atoms with van der Waals surface area (Å²) < 4.78 is 0. The Morgan fingerprint density at radius 1 is 1.00 bits per heavy atom. The first-order chi connectivity index (χ1) is 8.77. The van der Waals surface area contributed by atoms with Crippen molar-refractivity contribution in [2.75, 3.05) is 4.90 Å². The molecule has 0 spiro atoms. The van der Waals surface area contributed by atoms with Gasteiger partial charge < -0.3 is 4.90 Å². The van der Waals surface area contributed by atoms with Crippen LogP contribution >= 0.6 is 0 Å². The van der Waals surface area contributed by atoms with Gasteiger partial charge in [0.05, 0.1) is 12.1 Å². The summed E-state index contributed by atoms with van der Waals surface area (Å²) in [5.41, 5.74) is 1.88. The Morgan fingerprint density at radius 3 is 2.11 bits per heavy atom. The molecule has 2 heteroatoms. The van der Waals surface area contributed by atoms with E-state index in [1.165, 1.54) is 5.56 Å². The maximum Gasteiger partial charge on any atom is 0.150 e. The van der Waals surface area contributed by atoms with Gasteiger partial charge in [0.2, 0.25) is 0 Å². The van der Waals surface area contributed by atoms with E-state index < -0.39 is 5.54 Å². The lowest BCUT2D eigenvalue weighted by atomic mass is 10.0. The smallest absolute Gasteiger partial charge is 0.150 e. The summed E-state index contributed by atoms with van der Waals surface area (Å²) in [6.45, 7) is 2.00. The van der Waals surface area contributed by atoms with E-state index in [1.54, 1.807) is 0 Å². The average Bonchev–Trinajstić information content (AvgIpc) is 3.08. The zero-order valence-electron chi connectivity index (χ0n) is 10.2. The number of benzene rings is 2. The van der Waals surface area contributed by atoms with Crippen LogP contribution in [-0.2, 0) is 0 Å². The third-order valence-corrected chi connectivity index (χ3v) is 3.60. The first-order valence-corrected chi connectivity index (χ1v) is 6.08. The van der Waals surface area contributed by atoms with E-state index >= 15 is 0 Å². The second-order valence-electron chi connectivity index (χ2n) is 4.78. The van der Waals surface area contributed by atoms with Crippen molar-refractivity contribution in [3.05, 3.63) is 66.2 Å². The number of hydrogen-bond donors (Lipinski definition) is 0. The Morgan fingerprint density at radius 2 is 1.56 bits per heavy atom. The quantitative estimate of drug-likeness (QED) is 0.743. The summed E-state index contributed by atoms with van der Waals surface area (Å²) in [7, 11) is 0. The van der Waals surface area contributed by atoms with Gasteiger partial charge in [-0.25, -0.2) is 0 Å². The van der Waals surface area contributed by atoms with E-state index in [4.69, 9.17) is 0 Å². The molecule has 0 bridgehead atoms. The van der Waals surface area contributed by atoms with Gasteiger partial charge in [0.15, 0.2) is 0 Å². The lowest BCUT2D eigenvalue weighted by Crippen LogP contribution is -2.09. The van der Waals surface area contributed by atoms with Crippen molar-refractivity contribution in [2.45, 2.75) is 18.5 Å². The molecule has 88 valence electrons. The minimum Gasteiger partial charge on any atom is -0.341 e. The molecule has 0 aliphatic carbocycles. The second kappa shape index (κ2) is 3.89. The molecule has 1 heterocycles. The molecule has 0 radical (unpaired) electrons. The summed E-state index contributed by atoms with van der Waals surface area (Å²) in [5.74, 6) is 0. The Balaban J connectivity index is 2.00. The predicted octanol–water partition coefficient (Wildman–Crippen LogP) is 3.53. The highest BCUT2D eigenvalue weighted by atomic mass is 15.4. The van der Waals surface area contributed by atoms with Crippen LogP contribution in [0.2, 0.25) is 0 Å². The van der Waals surface area contributed by atoms with Crippen LogP contribution in [0.3, 0.4) is 0 Å². The van der Waals surface area contributed by atoms with Crippen molar-refractivity contribution in [3.63, 3.8) is 0 Å². The van der Waals surface area contributed by atoms with Gasteiger partial charge in [0.1, 0.15) is 5.54 Å². The first kappa shape index (κ1) is 10.9. The Hall–Kier alpha value is -2.27. The number of para-hydroxylation sites is 1. The number of nitrogens with zero attached hydrogens (tertiary/aromatic N) is 2. The zero-order chi connectivity index (χ0) is 12.6. The van der Waals surface area contributed by atoms with Crippen LogP contribution < -0.4 is 4.90 Å². The molecule has 3 rings (SSSR count). The Kier molecular flexibility index (Phi) is 2.34. The van der Waals surface area contributed by atoms with Crippen molar-refractivity contribution in [1.82, 2.24) is 0 Å². The Bertz CT molecular complexity index is 538. The highest BCUT2D eigenvalue weighted by Gasteiger charge is 2.60. The van der Waals surface area contributed by atoms with Gasteiger partial charge in [-0.2, -0.15) is 5.26 Å². The SMILES string of the molecule is C[C@@]1(C#N)[C@@H](c2ccccc2)N1c1ccccc1. The fraction of sp³-hybridized carbons (Fsp3) is 0.188. The molecule has 2 atom stereocenters. The molecule has 18 heavy (non-hydrogen) atoms. The highest BCUT2D eigenvalue weighted by molar-refractivity contribution is 5.66. The van der Waals surface area contributed by atoms with E-state index in [2.05, 4.69) is 35.2 Å². The first-order valence-electron chi connectivity index (χ1n) is 6.08. The normalized spacial score (nSPS) is 25.6. The van der Waals surface area contributed by atoms with Gasteiger partial charge in [-0.05, 0) is 24.6 Å². The fourth-order valence-electron chi connectivity index (χ4n) is 2.62. The summed E-state index contributed by atoms with van der Waals surface area (Å²) >= 11 is 0. The second-order valence-corrected chi connectivity index (χ2v) is 4.78. The Labute approximate surface area is 107 Å². The van der Waals surface area contributed by atoms with Crippen LogP contribution in [0.4, 0.5) is 5.69 Å². The molecule has 0 saturated carbocycles. The lowest BCUT2D eigenvalue weighted by Gasteiger charge is -2.06. The summed E-state index contributed by atoms with van der Waals surface area (Å²) in [6, 6.07) is 22.9. The number of nitriles is 1. The molecule has 2 aromatic rings. The van der Waals surface area contributed by atoms with Crippen LogP contribution in [0.5, 0.6) is 0 Å². The number of rotatable bonds is 2. The molecule has 2 aromatic carbocycles. The van der Waals surface area contributed by atoms with E-state index in [9.17, 15) is 5.26 Å². The van der Waals surface area contributed by atoms with Crippen molar-refractivity contribution < 1.29 is 0 Å². The van der Waals surface area contributed by atoms with Crippen LogP contribution in [0, 0.1) is 11.3 Å². The maximum absolute atomic E-state index is 9.44. The van der Waals surface area contributed by atoms with Gasteiger partial charge in [-0.15, -0.1) is 0 Å². The van der Waals surface area contributed by atoms with Gasteiger partial charge in [0, 0.05) is 5.69 Å². The van der Waals surface area contributed by atoms with Gasteiger partial charge in [0.25, 0.3) is 0 Å². The standard InChI is InChI=1S/C16H14N2/c1-16(12-17)15(13-8-4-2-5-9-13)18(16)14-10-6-3-7-11-14/h2-11,15H,1H3/t15-,16-,18?/m1/s1. The topological polar surface area (TPSA) is 26.8 Å². The molecular weight excluding hydrogens is 220 g/mol. The average molecular weight is 234 g/mol. The predicted molar refractivity (Wildman–Crippen MR) is 72.1 cm³/mol. The summed E-state index contributed by atoms with van der Waals surface area (Å²) in [4.78, 5) is 2.17. The van der Waals surface area contributed by atoms with Crippen molar-refractivity contribution in [3.8, 4) is 6.07 Å². The third-order valence-electron chi connectivity index (χ3n) is 3.60. The molecule has 0 unspecified atom stereocenters. The molecule has 2 nitrogen and oxygen atoms in total. The maximum atomic E-state index is 9.44. The molecule has 0 N–H and O–H groups in total. The zero-order valence-corrected chi connectivity index (χ0v) is 10.2. The number of anilines is 1. The summed E-state index contributed by atoms with van der Waals surface area (Å²) in [5, 5.41) is 9.44. The van der Waals surface area contributed by atoms with E-state index in [1.807, 2.05) is 43.3 Å². The number of hydrogen-bond acceptors (Lipinski definition) is 2. The van der Waals surface area contributed by atoms with Crippen LogP contribution in [0.25, 0.3) is 0 Å². The minimum atomic E-state index is -0.428. The van der Waals surface area contributed by atoms with Crippen LogP contribution in [0.1, 0.15) is 18.5 Å². The molecule has 0 amide bonds. The van der Waals surface area contributed by atoms with Gasteiger partial charge in [-0.3, -0.25) is 0 Å². The van der Waals surface area contributed by atoms with E-state index in [-0.39, 0.29) is 6.04 Å². The van der Waals surface area contributed by atoms with Crippen molar-refractivity contribution in [1.29, 1.82) is 5.26 Å². The molecule has 1 aliphatic rings. The molecule has 0 aromatic heterocycles. The highest BCUT2D eigenvalue weighted by Crippen LogP contribution is 2.55. The van der Waals surface area contributed by atoms with Crippen molar-refractivity contribution >= 4 is 5.69 Å². The van der Waals surface area contributed by atoms with Gasteiger partial charge in [-0.1, -0.05) is 48.5 Å². The molecule has 1 saturated heterocycles. The largest absolute Gasteiger partial charge is 0.341 e. The third kappa shape index (κ3) is 1.48. The van der Waals surface area contributed by atoms with Gasteiger partial charge >= 0.3 is 0 Å². The van der Waals surface area contributed by atoms with Crippen molar-refractivity contribution in [2.24, 2.45) is 0 Å². The minimum absolute atomic E-state index is 0.158. The molecule has 1 fully saturated rings. The monoisotopic (exact) mass is 234 g/mol. The molecular formula is C16H14N2. The van der Waals surface area contributed by atoms with E-state index in [0.29, 0.717) is 0 Å². The summed E-state index contributed by atoms with van der Waals surface area (Å²) in [6.07, 6.45) is 0. The lowest BCUT2D eigenvalue weighted by molar-refractivity contribution is 0.872. The molecule has 1 aliphatic heterocycles. The van der Waals surface area contributed by atoms with Crippen LogP contribution in [-0.4, -0.2) is 5.54 Å². The fourth-order valence-corrected chi connectivity index (χ4v) is 2.62. The van der Waals surface area contributed by atoms with E-state index in [0.717, 1.165) is 5.69 Å². The van der Waals surface area contributed by atoms with Crippen LogP contribution in [0.15, 0.2) is 60.7 Å².